The second-order valence-electron chi connectivity index (χ2n) is 6.26. The van der Waals surface area contributed by atoms with E-state index in [2.05, 4.69) is 10.3 Å². The van der Waals surface area contributed by atoms with Gasteiger partial charge in [0, 0.05) is 16.6 Å². The number of halogens is 1. The first-order valence-corrected chi connectivity index (χ1v) is 8.55. The molecule has 3 aromatic rings. The Morgan fingerprint density at radius 1 is 1.12 bits per heavy atom. The first-order valence-electron chi connectivity index (χ1n) is 8.18. The lowest BCUT2D eigenvalue weighted by atomic mass is 10.1. The Morgan fingerprint density at radius 2 is 1.77 bits per heavy atom. The Labute approximate surface area is 156 Å². The summed E-state index contributed by atoms with van der Waals surface area (Å²) in [4.78, 5) is 27.3. The number of benzene rings is 2. The fourth-order valence-electron chi connectivity index (χ4n) is 3.00. The van der Waals surface area contributed by atoms with Crippen LogP contribution in [0.4, 0.5) is 5.69 Å². The van der Waals surface area contributed by atoms with Gasteiger partial charge >= 0.3 is 5.97 Å². The van der Waals surface area contributed by atoms with E-state index in [0.29, 0.717) is 0 Å². The fourth-order valence-corrected chi connectivity index (χ4v) is 3.29. The van der Waals surface area contributed by atoms with Gasteiger partial charge in [-0.25, -0.2) is 4.79 Å². The maximum Gasteiger partial charge on any atom is 0.356 e. The molecular formula is C20H19ClN2O3. The number of rotatable bonds is 4. The Kier molecular flexibility index (Phi) is 5.00. The van der Waals surface area contributed by atoms with Crippen LogP contribution in [0.1, 0.15) is 27.2 Å². The summed E-state index contributed by atoms with van der Waals surface area (Å²) in [7, 11) is 0. The topological polar surface area (TPSA) is 71.2 Å². The summed E-state index contributed by atoms with van der Waals surface area (Å²) in [6, 6.07) is 11.3. The number of amides is 1. The number of para-hydroxylation sites is 1. The number of hydrogen-bond acceptors (Lipinski definition) is 3. The summed E-state index contributed by atoms with van der Waals surface area (Å²) < 4.78 is 5.11. The Hall–Kier alpha value is -2.79. The Bertz CT molecular complexity index is 984. The van der Waals surface area contributed by atoms with Gasteiger partial charge in [0.2, 0.25) is 0 Å². The van der Waals surface area contributed by atoms with Crippen molar-refractivity contribution in [2.45, 2.75) is 20.8 Å². The molecule has 0 fully saturated rings. The molecule has 3 rings (SSSR count). The molecule has 0 aliphatic carbocycles. The van der Waals surface area contributed by atoms with Crippen LogP contribution in [0.2, 0.25) is 5.02 Å². The molecule has 0 bridgehead atoms. The van der Waals surface area contributed by atoms with Crippen molar-refractivity contribution in [1.29, 1.82) is 0 Å². The number of carbonyl (C=O) groups is 2. The molecule has 5 nitrogen and oxygen atoms in total. The minimum absolute atomic E-state index is 0.142. The van der Waals surface area contributed by atoms with Crippen LogP contribution in [0.25, 0.3) is 10.9 Å². The zero-order chi connectivity index (χ0) is 18.8. The highest BCUT2D eigenvalue weighted by atomic mass is 35.5. The lowest BCUT2D eigenvalue weighted by molar-refractivity contribution is -0.119. The van der Waals surface area contributed by atoms with E-state index in [1.807, 2.05) is 51.1 Å². The van der Waals surface area contributed by atoms with Crippen LogP contribution in [0, 0.1) is 20.8 Å². The van der Waals surface area contributed by atoms with Crippen molar-refractivity contribution < 1.29 is 14.3 Å². The molecule has 6 heteroatoms. The molecule has 0 unspecified atom stereocenters. The molecule has 2 aromatic carbocycles. The molecule has 134 valence electrons. The fraction of sp³-hybridized carbons (Fsp3) is 0.200. The number of nitrogens with one attached hydrogen (secondary N) is 2. The molecule has 0 radical (unpaired) electrons. The normalized spacial score (nSPS) is 10.8. The highest BCUT2D eigenvalue weighted by Gasteiger charge is 2.19. The molecule has 0 atom stereocenters. The van der Waals surface area contributed by atoms with Crippen molar-refractivity contribution >= 4 is 40.1 Å². The van der Waals surface area contributed by atoms with E-state index in [-0.39, 0.29) is 10.7 Å². The smallest absolute Gasteiger partial charge is 0.356 e. The molecule has 1 aromatic heterocycles. The zero-order valence-electron chi connectivity index (χ0n) is 14.8. The lowest BCUT2D eigenvalue weighted by Crippen LogP contribution is -2.22. The SMILES string of the molecule is Cc1cc(C)c(NC(=O)COC(=O)c2[nH]c3ccccc3c2Cl)c(C)c1. The average Bonchev–Trinajstić information content (AvgIpc) is 2.93. The van der Waals surface area contributed by atoms with Gasteiger partial charge < -0.3 is 15.0 Å². The van der Waals surface area contributed by atoms with Crippen LogP contribution in [-0.2, 0) is 9.53 Å². The highest BCUT2D eigenvalue weighted by molar-refractivity contribution is 6.38. The zero-order valence-corrected chi connectivity index (χ0v) is 15.5. The van der Waals surface area contributed by atoms with Gasteiger partial charge in [-0.2, -0.15) is 0 Å². The lowest BCUT2D eigenvalue weighted by Gasteiger charge is -2.13. The number of aromatic nitrogens is 1. The first kappa shape index (κ1) is 18.0. The molecule has 0 aliphatic rings. The number of aromatic amines is 1. The van der Waals surface area contributed by atoms with E-state index < -0.39 is 18.5 Å². The summed E-state index contributed by atoms with van der Waals surface area (Å²) in [6.45, 7) is 5.45. The second kappa shape index (κ2) is 7.22. The maximum atomic E-state index is 12.3. The van der Waals surface area contributed by atoms with Gasteiger partial charge in [-0.3, -0.25) is 4.79 Å². The first-order chi connectivity index (χ1) is 12.4. The predicted molar refractivity (Wildman–Crippen MR) is 103 cm³/mol. The van der Waals surface area contributed by atoms with Crippen LogP contribution in [0.3, 0.4) is 0 Å². The van der Waals surface area contributed by atoms with E-state index in [4.69, 9.17) is 16.3 Å². The third-order valence-corrected chi connectivity index (χ3v) is 4.52. The molecular weight excluding hydrogens is 352 g/mol. The minimum Gasteiger partial charge on any atom is -0.451 e. The number of fused-ring (bicyclic) bond motifs is 1. The highest BCUT2D eigenvalue weighted by Crippen LogP contribution is 2.27. The maximum absolute atomic E-state index is 12.3. The molecule has 0 spiro atoms. The summed E-state index contributed by atoms with van der Waals surface area (Å²) in [6.07, 6.45) is 0. The average molecular weight is 371 g/mol. The van der Waals surface area contributed by atoms with E-state index in [1.54, 1.807) is 6.07 Å². The predicted octanol–water partition coefficient (Wildman–Crippen LogP) is 4.54. The number of hydrogen-bond donors (Lipinski definition) is 2. The third kappa shape index (κ3) is 3.58. The van der Waals surface area contributed by atoms with Crippen molar-refractivity contribution in [1.82, 2.24) is 4.98 Å². The van der Waals surface area contributed by atoms with E-state index in [1.165, 1.54) is 0 Å². The molecule has 1 heterocycles. The van der Waals surface area contributed by atoms with Crippen LogP contribution < -0.4 is 5.32 Å². The van der Waals surface area contributed by atoms with Gasteiger partial charge in [-0.15, -0.1) is 0 Å². The number of carbonyl (C=O) groups excluding carboxylic acids is 2. The Morgan fingerprint density at radius 3 is 2.42 bits per heavy atom. The van der Waals surface area contributed by atoms with Crippen molar-refractivity contribution in [3.8, 4) is 0 Å². The third-order valence-electron chi connectivity index (χ3n) is 4.12. The molecule has 0 saturated carbocycles. The van der Waals surface area contributed by atoms with Crippen LogP contribution in [0.15, 0.2) is 36.4 Å². The monoisotopic (exact) mass is 370 g/mol. The number of esters is 1. The molecule has 1 amide bonds. The van der Waals surface area contributed by atoms with E-state index in [0.717, 1.165) is 33.3 Å². The number of aryl methyl sites for hydroxylation is 3. The molecule has 26 heavy (non-hydrogen) atoms. The summed E-state index contributed by atoms with van der Waals surface area (Å²) in [5, 5.41) is 3.82. The summed E-state index contributed by atoms with van der Waals surface area (Å²) in [5.74, 6) is -1.07. The van der Waals surface area contributed by atoms with Gasteiger partial charge in [0.25, 0.3) is 5.91 Å². The number of ether oxygens (including phenoxy) is 1. The van der Waals surface area contributed by atoms with Crippen LogP contribution >= 0.6 is 11.6 Å². The quantitative estimate of drug-likeness (QED) is 0.662. The summed E-state index contributed by atoms with van der Waals surface area (Å²) >= 11 is 6.22. The molecule has 0 aliphatic heterocycles. The molecule has 0 saturated heterocycles. The van der Waals surface area contributed by atoms with Crippen molar-refractivity contribution in [3.05, 3.63) is 63.8 Å². The van der Waals surface area contributed by atoms with Gasteiger partial charge in [-0.05, 0) is 38.0 Å². The Balaban J connectivity index is 1.67. The van der Waals surface area contributed by atoms with Gasteiger partial charge in [0.15, 0.2) is 6.61 Å². The summed E-state index contributed by atoms with van der Waals surface area (Å²) in [5.41, 5.74) is 4.66. The van der Waals surface area contributed by atoms with Crippen molar-refractivity contribution in [2.75, 3.05) is 11.9 Å². The number of anilines is 1. The van der Waals surface area contributed by atoms with Gasteiger partial charge in [0.1, 0.15) is 5.69 Å². The standard InChI is InChI=1S/C20H19ClN2O3/c1-11-8-12(2)18(13(3)9-11)23-16(24)10-26-20(25)19-17(21)14-6-4-5-7-15(14)22-19/h4-9,22H,10H2,1-3H3,(H,23,24). The molecule has 2 N–H and O–H groups in total. The van der Waals surface area contributed by atoms with Crippen LogP contribution in [0.5, 0.6) is 0 Å². The second-order valence-corrected chi connectivity index (χ2v) is 6.64. The van der Waals surface area contributed by atoms with E-state index in [9.17, 15) is 9.59 Å². The van der Waals surface area contributed by atoms with E-state index >= 15 is 0 Å². The van der Waals surface area contributed by atoms with Crippen molar-refractivity contribution in [2.24, 2.45) is 0 Å². The largest absolute Gasteiger partial charge is 0.451 e. The minimum atomic E-state index is -0.668. The van der Waals surface area contributed by atoms with Crippen LogP contribution in [-0.4, -0.2) is 23.5 Å². The number of H-pyrrole nitrogens is 1. The van der Waals surface area contributed by atoms with Crippen molar-refractivity contribution in [3.63, 3.8) is 0 Å². The van der Waals surface area contributed by atoms with Gasteiger partial charge in [-0.1, -0.05) is 47.5 Å². The van der Waals surface area contributed by atoms with Gasteiger partial charge in [0.05, 0.1) is 5.02 Å².